The van der Waals surface area contributed by atoms with Crippen molar-refractivity contribution in [3.8, 4) is 0 Å². The van der Waals surface area contributed by atoms with Crippen molar-refractivity contribution in [1.29, 1.82) is 0 Å². The maximum Gasteiger partial charge on any atom is 0.194 e. The summed E-state index contributed by atoms with van der Waals surface area (Å²) >= 11 is 0. The van der Waals surface area contributed by atoms with Crippen molar-refractivity contribution in [2.45, 2.75) is 45.8 Å². The predicted octanol–water partition coefficient (Wildman–Crippen LogP) is 3.96. The molecule has 0 aromatic heterocycles. The fourth-order valence-electron chi connectivity index (χ4n) is 2.34. The molecule has 0 bridgehead atoms. The Balaban J connectivity index is 3.30. The Bertz CT molecular complexity index is 453. The lowest BCUT2D eigenvalue weighted by atomic mass is 9.87. The molecule has 0 spiro atoms. The van der Waals surface area contributed by atoms with Crippen molar-refractivity contribution >= 4 is 0 Å². The first-order valence-corrected chi connectivity index (χ1v) is 6.91. The molecule has 0 saturated carbocycles. The molecule has 20 heavy (non-hydrogen) atoms. The van der Waals surface area contributed by atoms with Gasteiger partial charge in [0.25, 0.3) is 0 Å². The summed E-state index contributed by atoms with van der Waals surface area (Å²) in [7, 11) is 0. The van der Waals surface area contributed by atoms with Crippen LogP contribution < -0.4 is 5.32 Å². The Labute approximate surface area is 118 Å². The summed E-state index contributed by atoms with van der Waals surface area (Å²) in [6.45, 7) is 8.48. The molecule has 5 heteroatoms. The normalized spacial score (nSPS) is 15.9. The van der Waals surface area contributed by atoms with Crippen molar-refractivity contribution in [3.63, 3.8) is 0 Å². The smallest absolute Gasteiger partial charge is 0.194 e. The van der Waals surface area contributed by atoms with Gasteiger partial charge in [0.05, 0.1) is 11.6 Å². The molecule has 1 aromatic carbocycles. The molecule has 0 aliphatic rings. The van der Waals surface area contributed by atoms with E-state index in [2.05, 4.69) is 5.32 Å². The second-order valence-corrected chi connectivity index (χ2v) is 4.85. The van der Waals surface area contributed by atoms with Crippen molar-refractivity contribution < 1.29 is 17.9 Å². The number of halogens is 3. The van der Waals surface area contributed by atoms with Crippen LogP contribution in [0.3, 0.4) is 0 Å². The molecular formula is C15H22F3NO. The van der Waals surface area contributed by atoms with E-state index in [-0.39, 0.29) is 5.56 Å². The summed E-state index contributed by atoms with van der Waals surface area (Å²) in [6, 6.07) is 1.67. The Hall–Kier alpha value is -1.07. The summed E-state index contributed by atoms with van der Waals surface area (Å²) in [5, 5.41) is 3.11. The second kappa shape index (κ2) is 7.09. The van der Waals surface area contributed by atoms with Gasteiger partial charge in [-0.3, -0.25) is 0 Å². The van der Waals surface area contributed by atoms with Crippen LogP contribution in [0.1, 0.15) is 45.7 Å². The minimum Gasteiger partial charge on any atom is -0.374 e. The average molecular weight is 289 g/mol. The highest BCUT2D eigenvalue weighted by Gasteiger charge is 2.36. The van der Waals surface area contributed by atoms with Gasteiger partial charge >= 0.3 is 0 Å². The van der Waals surface area contributed by atoms with Crippen molar-refractivity contribution in [3.05, 3.63) is 35.1 Å². The monoisotopic (exact) mass is 289 g/mol. The number of ether oxygens (including phenoxy) is 1. The third-order valence-electron chi connectivity index (χ3n) is 3.57. The minimum absolute atomic E-state index is 0.0866. The summed E-state index contributed by atoms with van der Waals surface area (Å²) in [4.78, 5) is 0. The fraction of sp³-hybridized carbons (Fsp3) is 0.600. The Kier molecular flexibility index (Phi) is 6.02. The van der Waals surface area contributed by atoms with E-state index in [9.17, 15) is 13.2 Å². The van der Waals surface area contributed by atoms with Crippen molar-refractivity contribution in [1.82, 2.24) is 5.32 Å². The average Bonchev–Trinajstić information content (AvgIpc) is 2.43. The van der Waals surface area contributed by atoms with Gasteiger partial charge in [-0.05, 0) is 32.9 Å². The predicted molar refractivity (Wildman–Crippen MR) is 73.1 cm³/mol. The lowest BCUT2D eigenvalue weighted by molar-refractivity contribution is -0.0568. The van der Waals surface area contributed by atoms with Crippen LogP contribution in [0, 0.1) is 17.5 Å². The molecule has 0 heterocycles. The standard InChI is InChI=1S/C15H22F3NO/c1-5-15(4,20-7-3)14(19-6-2)10-8-9-11(16)13(18)12(10)17/h8-9,14,19H,5-7H2,1-4H3. The van der Waals surface area contributed by atoms with Gasteiger partial charge in [0.1, 0.15) is 0 Å². The number of hydrogen-bond donors (Lipinski definition) is 1. The van der Waals surface area contributed by atoms with Crippen molar-refractivity contribution in [2.24, 2.45) is 0 Å². The zero-order valence-corrected chi connectivity index (χ0v) is 12.4. The molecule has 0 fully saturated rings. The first-order chi connectivity index (χ1) is 9.41. The van der Waals surface area contributed by atoms with Gasteiger partial charge in [-0.15, -0.1) is 0 Å². The molecule has 1 aromatic rings. The number of likely N-dealkylation sites (N-methyl/N-ethyl adjacent to an activating group) is 1. The van der Waals surface area contributed by atoms with Gasteiger partial charge in [0.15, 0.2) is 17.5 Å². The first kappa shape index (κ1) is 17.0. The molecular weight excluding hydrogens is 267 g/mol. The summed E-state index contributed by atoms with van der Waals surface area (Å²) in [6.07, 6.45) is 0.608. The van der Waals surface area contributed by atoms with E-state index in [0.717, 1.165) is 6.07 Å². The maximum atomic E-state index is 14.0. The van der Waals surface area contributed by atoms with E-state index in [4.69, 9.17) is 4.74 Å². The zero-order valence-electron chi connectivity index (χ0n) is 12.4. The van der Waals surface area contributed by atoms with Gasteiger partial charge in [-0.25, -0.2) is 13.2 Å². The van der Waals surface area contributed by atoms with E-state index >= 15 is 0 Å². The number of rotatable bonds is 7. The molecule has 1 rings (SSSR count). The highest BCUT2D eigenvalue weighted by molar-refractivity contribution is 5.26. The Morgan fingerprint density at radius 1 is 1.15 bits per heavy atom. The molecule has 1 N–H and O–H groups in total. The van der Waals surface area contributed by atoms with Crippen LogP contribution in [-0.2, 0) is 4.74 Å². The minimum atomic E-state index is -1.44. The van der Waals surface area contributed by atoms with Gasteiger partial charge in [0, 0.05) is 12.2 Å². The summed E-state index contributed by atoms with van der Waals surface area (Å²) < 4.78 is 46.3. The third kappa shape index (κ3) is 3.33. The molecule has 0 aliphatic heterocycles. The highest BCUT2D eigenvalue weighted by atomic mass is 19.2. The Morgan fingerprint density at radius 3 is 2.30 bits per heavy atom. The first-order valence-electron chi connectivity index (χ1n) is 6.91. The molecule has 114 valence electrons. The van der Waals surface area contributed by atoms with Crippen LogP contribution >= 0.6 is 0 Å². The van der Waals surface area contributed by atoms with Crippen LogP contribution in [0.15, 0.2) is 12.1 Å². The third-order valence-corrected chi connectivity index (χ3v) is 3.57. The summed E-state index contributed by atoms with van der Waals surface area (Å²) in [5.41, 5.74) is -0.612. The number of nitrogens with one attached hydrogen (secondary N) is 1. The van der Waals surface area contributed by atoms with E-state index in [1.165, 1.54) is 6.07 Å². The highest BCUT2D eigenvalue weighted by Crippen LogP contribution is 2.34. The molecule has 2 atom stereocenters. The van der Waals surface area contributed by atoms with E-state index < -0.39 is 29.1 Å². The van der Waals surface area contributed by atoms with E-state index in [1.807, 2.05) is 27.7 Å². The quantitative estimate of drug-likeness (QED) is 0.767. The SMILES string of the molecule is CCNC(c1ccc(F)c(F)c1F)C(C)(CC)OCC. The van der Waals surface area contributed by atoms with Crippen LogP contribution in [0.2, 0.25) is 0 Å². The molecule has 0 amide bonds. The van der Waals surface area contributed by atoms with E-state index in [0.29, 0.717) is 19.6 Å². The van der Waals surface area contributed by atoms with Gasteiger partial charge in [0.2, 0.25) is 0 Å². The van der Waals surface area contributed by atoms with Crippen molar-refractivity contribution in [2.75, 3.05) is 13.2 Å². The second-order valence-electron chi connectivity index (χ2n) is 4.85. The van der Waals surface area contributed by atoms with E-state index in [1.54, 1.807) is 0 Å². The number of benzene rings is 1. The maximum absolute atomic E-state index is 14.0. The number of hydrogen-bond acceptors (Lipinski definition) is 2. The molecule has 0 radical (unpaired) electrons. The van der Waals surface area contributed by atoms with Crippen LogP contribution in [0.25, 0.3) is 0 Å². The molecule has 0 saturated heterocycles. The van der Waals surface area contributed by atoms with Crippen LogP contribution in [0.4, 0.5) is 13.2 Å². The van der Waals surface area contributed by atoms with Gasteiger partial charge in [-0.2, -0.15) is 0 Å². The van der Waals surface area contributed by atoms with Crippen LogP contribution in [0.5, 0.6) is 0 Å². The molecule has 2 unspecified atom stereocenters. The fourth-order valence-corrected chi connectivity index (χ4v) is 2.34. The summed E-state index contributed by atoms with van der Waals surface area (Å²) in [5.74, 6) is -3.79. The molecule has 2 nitrogen and oxygen atoms in total. The topological polar surface area (TPSA) is 21.3 Å². The molecule has 0 aliphatic carbocycles. The largest absolute Gasteiger partial charge is 0.374 e. The van der Waals surface area contributed by atoms with Crippen LogP contribution in [-0.4, -0.2) is 18.8 Å². The lowest BCUT2D eigenvalue weighted by Gasteiger charge is -2.37. The lowest BCUT2D eigenvalue weighted by Crippen LogP contribution is -2.44. The van der Waals surface area contributed by atoms with Gasteiger partial charge < -0.3 is 10.1 Å². The zero-order chi connectivity index (χ0) is 15.3. The van der Waals surface area contributed by atoms with Gasteiger partial charge in [-0.1, -0.05) is 19.9 Å². The Morgan fingerprint density at radius 2 is 1.80 bits per heavy atom.